The maximum absolute atomic E-state index is 11.8. The predicted molar refractivity (Wildman–Crippen MR) is 64.4 cm³/mol. The Morgan fingerprint density at radius 1 is 1.39 bits per heavy atom. The number of benzene rings is 1. The van der Waals surface area contributed by atoms with Crippen LogP contribution in [0.25, 0.3) is 0 Å². The normalized spacial score (nSPS) is 18.6. The van der Waals surface area contributed by atoms with E-state index in [1.165, 1.54) is 0 Å². The first kappa shape index (κ1) is 12.6. The third-order valence-corrected chi connectivity index (χ3v) is 2.91. The van der Waals surface area contributed by atoms with Gasteiger partial charge in [0.25, 0.3) is 5.91 Å². The van der Waals surface area contributed by atoms with Gasteiger partial charge in [0.1, 0.15) is 12.4 Å². The Morgan fingerprint density at radius 2 is 2.17 bits per heavy atom. The molecule has 0 saturated carbocycles. The second-order valence-corrected chi connectivity index (χ2v) is 4.18. The number of amides is 1. The van der Waals surface area contributed by atoms with E-state index in [0.29, 0.717) is 19.0 Å². The molecule has 1 heterocycles. The molecule has 0 spiro atoms. The molecule has 18 heavy (non-hydrogen) atoms. The van der Waals surface area contributed by atoms with Crippen molar-refractivity contribution in [2.45, 2.75) is 6.42 Å². The van der Waals surface area contributed by atoms with Crippen LogP contribution < -0.4 is 10.5 Å². The molecule has 1 aromatic rings. The maximum atomic E-state index is 11.8. The van der Waals surface area contributed by atoms with Crippen molar-refractivity contribution in [2.75, 3.05) is 19.8 Å². The van der Waals surface area contributed by atoms with Gasteiger partial charge in [-0.15, -0.1) is 0 Å². The van der Waals surface area contributed by atoms with Gasteiger partial charge in [-0.2, -0.15) is 0 Å². The van der Waals surface area contributed by atoms with Crippen LogP contribution in [0.1, 0.15) is 16.8 Å². The van der Waals surface area contributed by atoms with Gasteiger partial charge >= 0.3 is 0 Å². The number of rotatable bonds is 5. The fourth-order valence-corrected chi connectivity index (χ4v) is 1.85. The van der Waals surface area contributed by atoms with E-state index in [1.54, 1.807) is 24.3 Å². The van der Waals surface area contributed by atoms with Crippen LogP contribution in [0.4, 0.5) is 0 Å². The highest BCUT2D eigenvalue weighted by Gasteiger charge is 2.24. The number of hydrogen-bond acceptors (Lipinski definition) is 4. The van der Waals surface area contributed by atoms with Crippen LogP contribution in [0, 0.1) is 5.92 Å². The lowest BCUT2D eigenvalue weighted by Gasteiger charge is -2.10. The summed E-state index contributed by atoms with van der Waals surface area (Å²) in [7, 11) is 0. The number of ether oxygens (including phenoxy) is 2. The maximum Gasteiger partial charge on any atom is 0.252 e. The minimum absolute atomic E-state index is 0.00762. The molecule has 0 aliphatic carbocycles. The van der Waals surface area contributed by atoms with Crippen LogP contribution in [0.5, 0.6) is 5.75 Å². The van der Waals surface area contributed by atoms with Gasteiger partial charge in [-0.1, -0.05) is 12.1 Å². The molecule has 1 amide bonds. The second kappa shape index (κ2) is 5.64. The van der Waals surface area contributed by atoms with Gasteiger partial charge in [-0.25, -0.2) is 0 Å². The number of carbonyl (C=O) groups is 2. The highest BCUT2D eigenvalue weighted by Crippen LogP contribution is 2.19. The van der Waals surface area contributed by atoms with E-state index >= 15 is 0 Å². The smallest absolute Gasteiger partial charge is 0.252 e. The van der Waals surface area contributed by atoms with Crippen molar-refractivity contribution in [3.05, 3.63) is 29.8 Å². The molecule has 1 saturated heterocycles. The molecule has 0 bridgehead atoms. The molecular formula is C13H15NO4. The molecule has 0 radical (unpaired) electrons. The highest BCUT2D eigenvalue weighted by molar-refractivity contribution is 5.95. The monoisotopic (exact) mass is 249 g/mol. The predicted octanol–water partition coefficient (Wildman–Crippen LogP) is 0.770. The Balaban J connectivity index is 1.97. The van der Waals surface area contributed by atoms with Crippen LogP contribution in [0.15, 0.2) is 24.3 Å². The summed E-state index contributed by atoms with van der Waals surface area (Å²) >= 11 is 0. The number of para-hydroxylation sites is 1. The molecule has 1 aromatic carbocycles. The molecule has 0 aromatic heterocycles. The molecular weight excluding hydrogens is 234 g/mol. The molecule has 5 nitrogen and oxygen atoms in total. The summed E-state index contributed by atoms with van der Waals surface area (Å²) in [6, 6.07) is 6.61. The number of nitrogens with two attached hydrogens (primary N) is 1. The van der Waals surface area contributed by atoms with Gasteiger partial charge in [0.05, 0.1) is 12.2 Å². The summed E-state index contributed by atoms with van der Waals surface area (Å²) in [5.74, 6) is -0.322. The van der Waals surface area contributed by atoms with Crippen LogP contribution in [-0.4, -0.2) is 31.5 Å². The minimum Gasteiger partial charge on any atom is -0.485 e. The quantitative estimate of drug-likeness (QED) is 0.836. The number of ketones is 1. The van der Waals surface area contributed by atoms with Gasteiger partial charge in [0, 0.05) is 12.5 Å². The summed E-state index contributed by atoms with van der Waals surface area (Å²) in [6.45, 7) is 1.02. The van der Waals surface area contributed by atoms with E-state index in [1.807, 2.05) is 0 Å². The molecule has 96 valence electrons. The molecule has 1 aliphatic heterocycles. The largest absolute Gasteiger partial charge is 0.485 e. The fraction of sp³-hybridized carbons (Fsp3) is 0.385. The first-order chi connectivity index (χ1) is 8.68. The highest BCUT2D eigenvalue weighted by atomic mass is 16.5. The summed E-state index contributed by atoms with van der Waals surface area (Å²) in [5, 5.41) is 0. The number of Topliss-reactive ketones (excluding diaryl/α,β-unsaturated/α-hetero) is 1. The van der Waals surface area contributed by atoms with Crippen molar-refractivity contribution < 1.29 is 19.1 Å². The Kier molecular flexibility index (Phi) is 3.94. The number of carbonyl (C=O) groups excluding carboxylic acids is 2. The third-order valence-electron chi connectivity index (χ3n) is 2.91. The lowest BCUT2D eigenvalue weighted by molar-refractivity contribution is -0.124. The van der Waals surface area contributed by atoms with Gasteiger partial charge in [-0.3, -0.25) is 9.59 Å². The van der Waals surface area contributed by atoms with E-state index in [9.17, 15) is 9.59 Å². The van der Waals surface area contributed by atoms with Gasteiger partial charge < -0.3 is 15.2 Å². The van der Waals surface area contributed by atoms with E-state index in [4.69, 9.17) is 15.2 Å². The first-order valence-electron chi connectivity index (χ1n) is 5.80. The van der Waals surface area contributed by atoms with Crippen molar-refractivity contribution in [3.63, 3.8) is 0 Å². The minimum atomic E-state index is -0.567. The Morgan fingerprint density at radius 3 is 2.83 bits per heavy atom. The van der Waals surface area contributed by atoms with E-state index in [2.05, 4.69) is 0 Å². The van der Waals surface area contributed by atoms with Crippen molar-refractivity contribution in [1.82, 2.24) is 0 Å². The van der Waals surface area contributed by atoms with Gasteiger partial charge in [0.15, 0.2) is 5.78 Å². The molecule has 1 fully saturated rings. The zero-order chi connectivity index (χ0) is 13.0. The molecule has 5 heteroatoms. The average molecular weight is 249 g/mol. The van der Waals surface area contributed by atoms with Gasteiger partial charge in [-0.05, 0) is 18.6 Å². The summed E-state index contributed by atoms with van der Waals surface area (Å²) < 4.78 is 10.5. The van der Waals surface area contributed by atoms with Crippen molar-refractivity contribution in [2.24, 2.45) is 11.7 Å². The van der Waals surface area contributed by atoms with E-state index < -0.39 is 5.91 Å². The molecule has 1 aliphatic rings. The Hall–Kier alpha value is -1.88. The SMILES string of the molecule is NC(=O)c1ccccc1OCC(=O)C1CCOC1. The van der Waals surface area contributed by atoms with Crippen molar-refractivity contribution in [3.8, 4) is 5.75 Å². The van der Waals surface area contributed by atoms with Crippen LogP contribution in [0.3, 0.4) is 0 Å². The standard InChI is InChI=1S/C13H15NO4/c14-13(16)10-3-1-2-4-12(10)18-8-11(15)9-5-6-17-7-9/h1-4,9H,5-8H2,(H2,14,16). The van der Waals surface area contributed by atoms with Crippen LogP contribution in [-0.2, 0) is 9.53 Å². The van der Waals surface area contributed by atoms with E-state index in [0.717, 1.165) is 6.42 Å². The molecule has 2 N–H and O–H groups in total. The van der Waals surface area contributed by atoms with Gasteiger partial charge in [0.2, 0.25) is 0 Å². The topological polar surface area (TPSA) is 78.6 Å². The zero-order valence-corrected chi connectivity index (χ0v) is 9.93. The average Bonchev–Trinajstić information content (AvgIpc) is 2.90. The Labute approximate surface area is 105 Å². The van der Waals surface area contributed by atoms with E-state index in [-0.39, 0.29) is 23.9 Å². The van der Waals surface area contributed by atoms with Crippen molar-refractivity contribution >= 4 is 11.7 Å². The lowest BCUT2D eigenvalue weighted by atomic mass is 10.0. The molecule has 1 atom stereocenters. The summed E-state index contributed by atoms with van der Waals surface area (Å²) in [5.41, 5.74) is 5.50. The fourth-order valence-electron chi connectivity index (χ4n) is 1.85. The lowest BCUT2D eigenvalue weighted by Crippen LogP contribution is -2.22. The first-order valence-corrected chi connectivity index (χ1v) is 5.80. The number of hydrogen-bond donors (Lipinski definition) is 1. The van der Waals surface area contributed by atoms with Crippen molar-refractivity contribution in [1.29, 1.82) is 0 Å². The third kappa shape index (κ3) is 2.87. The number of primary amides is 1. The zero-order valence-electron chi connectivity index (χ0n) is 9.93. The molecule has 2 rings (SSSR count). The van der Waals surface area contributed by atoms with Crippen LogP contribution in [0.2, 0.25) is 0 Å². The Bertz CT molecular complexity index is 452. The van der Waals surface area contributed by atoms with Crippen LogP contribution >= 0.6 is 0 Å². The summed E-state index contributed by atoms with van der Waals surface area (Å²) in [4.78, 5) is 22.9. The second-order valence-electron chi connectivity index (χ2n) is 4.18. The summed E-state index contributed by atoms with van der Waals surface area (Å²) in [6.07, 6.45) is 0.736. The molecule has 1 unspecified atom stereocenters.